The van der Waals surface area contributed by atoms with Crippen LogP contribution < -0.4 is 0 Å². The number of phenols is 1. The maximum absolute atomic E-state index is 10.7. The molecule has 2 aromatic heterocycles. The van der Waals surface area contributed by atoms with E-state index in [4.69, 9.17) is 9.97 Å². The van der Waals surface area contributed by atoms with Gasteiger partial charge in [-0.15, -0.1) is 29.3 Å². The van der Waals surface area contributed by atoms with E-state index in [-0.39, 0.29) is 40.6 Å². The molecule has 4 aromatic carbocycles. The van der Waals surface area contributed by atoms with E-state index in [1.165, 1.54) is 22.3 Å². The molecule has 0 unspecified atom stereocenters. The van der Waals surface area contributed by atoms with Gasteiger partial charge in [0.1, 0.15) is 5.41 Å². The Morgan fingerprint density at radius 2 is 1.20 bits per heavy atom. The Balaban J connectivity index is 0.00000192. The summed E-state index contributed by atoms with van der Waals surface area (Å²) in [5.74, 6) is 0.237. The largest absolute Gasteiger partial charge is 0.515 e. The molecule has 3 nitrogen and oxygen atoms in total. The second-order valence-electron chi connectivity index (χ2n) is 11.9. The first-order chi connectivity index (χ1) is 20.4. The summed E-state index contributed by atoms with van der Waals surface area (Å²) >= 11 is 0. The first kappa shape index (κ1) is 31.2. The van der Waals surface area contributed by atoms with Gasteiger partial charge in [-0.1, -0.05) is 111 Å². The molecule has 0 fully saturated rings. The van der Waals surface area contributed by atoms with Gasteiger partial charge in [-0.05, 0) is 57.5 Å². The second kappa shape index (κ2) is 12.0. The van der Waals surface area contributed by atoms with Crippen molar-refractivity contribution in [2.24, 2.45) is 0 Å². The number of nitrogens with zero attached hydrogens (tertiary/aromatic N) is 2. The predicted octanol–water partition coefficient (Wildman–Crippen LogP) is 8.59. The number of aromatic nitrogens is 2. The van der Waals surface area contributed by atoms with Crippen LogP contribution in [0.3, 0.4) is 0 Å². The minimum absolute atomic E-state index is 0. The first-order valence-electron chi connectivity index (χ1n) is 14.3. The molecular formula is C39H31BN2OPt-. The Hall–Kier alpha value is -4.27. The van der Waals surface area contributed by atoms with Crippen molar-refractivity contribution in [1.29, 1.82) is 0 Å². The van der Waals surface area contributed by atoms with Crippen molar-refractivity contribution in [3.63, 3.8) is 0 Å². The number of aromatic hydroxyl groups is 1. The van der Waals surface area contributed by atoms with Crippen LogP contribution in [-0.2, 0) is 31.9 Å². The molecule has 0 atom stereocenters. The summed E-state index contributed by atoms with van der Waals surface area (Å²) in [4.78, 5) is 10.4. The standard InChI is InChI=1S/C39H31N2O.B.Pt/c1-38(2,3)28-24-26(29-13-6-9-19-35(29)42)23-27(25-28)34-18-12-21-37(41-34)39(36-20-10-11-22-40-36)32-16-7-4-14-30(32)31-15-5-8-17-33(31)39;;/h4-22,24-25,42H,1-3H3;;/q-1;;. The van der Waals surface area contributed by atoms with Crippen LogP contribution >= 0.6 is 0 Å². The van der Waals surface area contributed by atoms with Crippen LogP contribution in [0, 0.1) is 6.07 Å². The van der Waals surface area contributed by atoms with Crippen LogP contribution in [-0.4, -0.2) is 23.5 Å². The van der Waals surface area contributed by atoms with E-state index in [1.54, 1.807) is 6.07 Å². The average Bonchev–Trinajstić information content (AvgIpc) is 3.32. The second-order valence-corrected chi connectivity index (χ2v) is 11.9. The number of rotatable bonds is 4. The zero-order valence-electron chi connectivity index (χ0n) is 24.9. The summed E-state index contributed by atoms with van der Waals surface area (Å²) in [5.41, 5.74) is 10.3. The molecular weight excluding hydrogens is 718 g/mol. The number of para-hydroxylation sites is 1. The molecule has 3 radical (unpaired) electrons. The summed E-state index contributed by atoms with van der Waals surface area (Å²) in [7, 11) is 0. The number of phenolic OH excluding ortho intramolecular Hbond substituents is 1. The van der Waals surface area contributed by atoms with Crippen LogP contribution in [0.15, 0.2) is 128 Å². The zero-order chi connectivity index (χ0) is 28.9. The van der Waals surface area contributed by atoms with E-state index in [0.717, 1.165) is 39.3 Å². The normalized spacial score (nSPS) is 12.8. The SMILES string of the molecule is CC(C)(C)c1cc(-c2cccc(C3(c4ccccn4)c4ccccc4-c4ccccc43)n2)[c-]c(-c2ccccc2O)c1.[B].[Pt]. The van der Waals surface area contributed by atoms with Gasteiger partial charge in [-0.25, -0.2) is 0 Å². The number of hydrogen-bond acceptors (Lipinski definition) is 3. The molecule has 2 heterocycles. The molecule has 1 N–H and O–H groups in total. The van der Waals surface area contributed by atoms with Crippen molar-refractivity contribution in [1.82, 2.24) is 9.97 Å². The minimum Gasteiger partial charge on any atom is -0.515 e. The maximum Gasteiger partial charge on any atom is 0.105 e. The molecule has 7 rings (SSSR count). The van der Waals surface area contributed by atoms with Crippen LogP contribution in [0.5, 0.6) is 5.75 Å². The van der Waals surface area contributed by atoms with Gasteiger partial charge in [0.25, 0.3) is 0 Å². The molecule has 1 aliphatic carbocycles. The van der Waals surface area contributed by atoms with Crippen molar-refractivity contribution in [3.8, 4) is 39.3 Å². The molecule has 217 valence electrons. The van der Waals surface area contributed by atoms with Crippen molar-refractivity contribution >= 4 is 8.41 Å². The van der Waals surface area contributed by atoms with Crippen molar-refractivity contribution < 1.29 is 26.2 Å². The average molecular weight is 750 g/mol. The topological polar surface area (TPSA) is 46.0 Å². The van der Waals surface area contributed by atoms with Crippen LogP contribution in [0.2, 0.25) is 0 Å². The summed E-state index contributed by atoms with van der Waals surface area (Å²) in [5, 5.41) is 10.7. The van der Waals surface area contributed by atoms with Gasteiger partial charge in [-0.2, -0.15) is 0 Å². The van der Waals surface area contributed by atoms with Gasteiger partial charge in [0.2, 0.25) is 0 Å². The minimum atomic E-state index is -0.674. The molecule has 44 heavy (non-hydrogen) atoms. The first-order valence-corrected chi connectivity index (χ1v) is 14.3. The fourth-order valence-corrected chi connectivity index (χ4v) is 6.28. The Morgan fingerprint density at radius 3 is 1.82 bits per heavy atom. The van der Waals surface area contributed by atoms with Crippen LogP contribution in [0.25, 0.3) is 33.5 Å². The Bertz CT molecular complexity index is 1900. The number of pyridine rings is 2. The van der Waals surface area contributed by atoms with Gasteiger partial charge in [0.05, 0.1) is 17.1 Å². The summed E-state index contributed by atoms with van der Waals surface area (Å²) in [6, 6.07) is 44.9. The summed E-state index contributed by atoms with van der Waals surface area (Å²) < 4.78 is 0. The predicted molar refractivity (Wildman–Crippen MR) is 175 cm³/mol. The molecule has 0 amide bonds. The Morgan fingerprint density at radius 1 is 0.636 bits per heavy atom. The summed E-state index contributed by atoms with van der Waals surface area (Å²) in [6.45, 7) is 6.60. The summed E-state index contributed by atoms with van der Waals surface area (Å²) in [6.07, 6.45) is 1.86. The number of benzene rings is 4. The Labute approximate surface area is 275 Å². The molecule has 1 aliphatic rings. The van der Waals surface area contributed by atoms with Gasteiger partial charge < -0.3 is 5.11 Å². The fraction of sp³-hybridized carbons (Fsp3) is 0.128. The molecule has 0 saturated heterocycles. The Kier molecular flexibility index (Phi) is 8.51. The van der Waals surface area contributed by atoms with E-state index >= 15 is 0 Å². The van der Waals surface area contributed by atoms with Crippen LogP contribution in [0.1, 0.15) is 48.8 Å². The molecule has 0 saturated carbocycles. The molecule has 0 aliphatic heterocycles. The molecule has 5 heteroatoms. The van der Waals surface area contributed by atoms with Gasteiger partial charge >= 0.3 is 0 Å². The van der Waals surface area contributed by atoms with E-state index in [1.807, 2.05) is 30.5 Å². The third-order valence-corrected chi connectivity index (χ3v) is 8.34. The third-order valence-electron chi connectivity index (χ3n) is 8.34. The monoisotopic (exact) mass is 749 g/mol. The molecule has 0 spiro atoms. The third kappa shape index (κ3) is 5.02. The smallest absolute Gasteiger partial charge is 0.105 e. The maximum atomic E-state index is 10.7. The van der Waals surface area contributed by atoms with E-state index in [2.05, 4.69) is 118 Å². The van der Waals surface area contributed by atoms with E-state index < -0.39 is 5.41 Å². The quantitative estimate of drug-likeness (QED) is 0.145. The van der Waals surface area contributed by atoms with Gasteiger partial charge in [-0.3, -0.25) is 9.97 Å². The number of hydrogen-bond donors (Lipinski definition) is 1. The van der Waals surface area contributed by atoms with Crippen molar-refractivity contribution in [2.75, 3.05) is 0 Å². The van der Waals surface area contributed by atoms with E-state index in [0.29, 0.717) is 0 Å². The van der Waals surface area contributed by atoms with E-state index in [9.17, 15) is 5.11 Å². The fourth-order valence-electron chi connectivity index (χ4n) is 6.28. The molecule has 6 aromatic rings. The van der Waals surface area contributed by atoms with Crippen molar-refractivity contribution in [2.45, 2.75) is 31.6 Å². The van der Waals surface area contributed by atoms with Crippen LogP contribution in [0.4, 0.5) is 0 Å². The molecule has 0 bridgehead atoms. The van der Waals surface area contributed by atoms with Gasteiger partial charge in [0, 0.05) is 41.4 Å². The zero-order valence-corrected chi connectivity index (χ0v) is 27.1. The van der Waals surface area contributed by atoms with Crippen molar-refractivity contribution in [3.05, 3.63) is 162 Å². The van der Waals surface area contributed by atoms with Gasteiger partial charge in [0.15, 0.2) is 0 Å². The number of fused-ring (bicyclic) bond motifs is 3.